The molecule has 4 saturated heterocycles. The molecule has 0 bridgehead atoms. The fourth-order valence-electron chi connectivity index (χ4n) is 11.4. The average Bonchev–Trinajstić information content (AvgIpc) is 3.58. The van der Waals surface area contributed by atoms with Gasteiger partial charge in [-0.15, -0.1) is 0 Å². The van der Waals surface area contributed by atoms with E-state index in [1.807, 2.05) is 77.1 Å². The number of hydroxylamine groups is 1. The Morgan fingerprint density at radius 1 is 0.902 bits per heavy atom. The number of Topliss-reactive ketones (excluding diaryl/α,β-unsaturated/α-hetero) is 1. The second kappa shape index (κ2) is 19.5. The Hall–Kier alpha value is -2.26. The highest BCUT2D eigenvalue weighted by Crippen LogP contribution is 2.54. The third-order valence-electron chi connectivity index (χ3n) is 15.8. The Kier molecular flexibility index (Phi) is 15.4. The van der Waals surface area contributed by atoms with Gasteiger partial charge in [0.05, 0.1) is 60.4 Å². The molecule has 4 N–H and O–H groups in total. The number of hydrogen-bond donors (Lipinski definition) is 4. The molecule has 0 aliphatic carbocycles. The molecule has 18 atom stereocenters. The van der Waals surface area contributed by atoms with E-state index in [2.05, 4.69) is 33.2 Å². The maximum atomic E-state index is 14.7. The molecular formula is C49H77NO11. The lowest BCUT2D eigenvalue weighted by atomic mass is 9.72. The molecule has 0 aromatic heterocycles. The highest BCUT2D eigenvalue weighted by Gasteiger charge is 2.63. The average molecular weight is 856 g/mol. The highest BCUT2D eigenvalue weighted by atomic mass is 16.8. The quantitative estimate of drug-likeness (QED) is 0.0941. The summed E-state index contributed by atoms with van der Waals surface area (Å²) >= 11 is 0. The van der Waals surface area contributed by atoms with E-state index in [0.29, 0.717) is 58.0 Å². The molecule has 61 heavy (non-hydrogen) atoms. The lowest BCUT2D eigenvalue weighted by Gasteiger charge is -2.55. The van der Waals surface area contributed by atoms with Crippen molar-refractivity contribution in [1.82, 2.24) is 5.48 Å². The van der Waals surface area contributed by atoms with Gasteiger partial charge in [0.25, 0.3) is 0 Å². The van der Waals surface area contributed by atoms with Crippen molar-refractivity contribution in [3.63, 3.8) is 0 Å². The van der Waals surface area contributed by atoms with Crippen molar-refractivity contribution in [3.8, 4) is 0 Å². The molecule has 1 aromatic rings. The number of carboxylic acid groups (broad SMARTS) is 1. The summed E-state index contributed by atoms with van der Waals surface area (Å²) in [7, 11) is 0. The summed E-state index contributed by atoms with van der Waals surface area (Å²) < 4.78 is 34.7. The topological polar surface area (TPSA) is 162 Å². The van der Waals surface area contributed by atoms with Crippen molar-refractivity contribution in [2.75, 3.05) is 0 Å². The largest absolute Gasteiger partial charge is 0.481 e. The van der Waals surface area contributed by atoms with Crippen LogP contribution in [0, 0.1) is 41.4 Å². The number of aliphatic hydroxyl groups is 2. The molecule has 6 rings (SSSR count). The summed E-state index contributed by atoms with van der Waals surface area (Å²) in [5.74, 6) is -5.56. The minimum atomic E-state index is -1.22. The number of benzene rings is 1. The first kappa shape index (κ1) is 48.2. The second-order valence-corrected chi connectivity index (χ2v) is 19.8. The molecule has 5 heterocycles. The van der Waals surface area contributed by atoms with Crippen LogP contribution in [0.4, 0.5) is 0 Å². The molecule has 12 nitrogen and oxygen atoms in total. The Morgan fingerprint density at radius 2 is 1.61 bits per heavy atom. The monoisotopic (exact) mass is 856 g/mol. The van der Waals surface area contributed by atoms with Crippen LogP contribution in [0.25, 0.3) is 0 Å². The third-order valence-corrected chi connectivity index (χ3v) is 15.8. The summed E-state index contributed by atoms with van der Waals surface area (Å²) in [6.07, 6.45) is 7.29. The van der Waals surface area contributed by atoms with Gasteiger partial charge in [0.15, 0.2) is 11.6 Å². The van der Waals surface area contributed by atoms with Crippen LogP contribution >= 0.6 is 0 Å². The summed E-state index contributed by atoms with van der Waals surface area (Å²) in [6.45, 7) is 20.3. The van der Waals surface area contributed by atoms with Crippen LogP contribution in [0.3, 0.4) is 0 Å². The lowest BCUT2D eigenvalue weighted by molar-refractivity contribution is -0.402. The first-order valence-corrected chi connectivity index (χ1v) is 23.5. The van der Waals surface area contributed by atoms with Crippen LogP contribution in [0.5, 0.6) is 0 Å². The molecule has 4 fully saturated rings. The van der Waals surface area contributed by atoms with Gasteiger partial charge >= 0.3 is 5.97 Å². The van der Waals surface area contributed by atoms with Crippen molar-refractivity contribution in [2.45, 2.75) is 205 Å². The van der Waals surface area contributed by atoms with E-state index < -0.39 is 76.8 Å². The lowest BCUT2D eigenvalue weighted by Crippen LogP contribution is -2.65. The van der Waals surface area contributed by atoms with Crippen LogP contribution in [-0.2, 0) is 44.7 Å². The molecule has 1 aromatic carbocycles. The maximum Gasteiger partial charge on any atom is 0.309 e. The SMILES string of the molecule is CC[C@@H](C(=O)[C@@H](C)[C@@H](O)[C@H](C)[C@@H]1O[C@@H]([C@@H](CC)C(=O)O)CC[C@@H]1C)[C@H]1OC2(C=C[C@@H](NOCc3ccccc3)[C@]3(CC[C@@](C)([C@H]4CC[C@](O)(CC)[C@H](C)O4)O3)O2)[C@H](C)C[C@@H]1C. The van der Waals surface area contributed by atoms with E-state index in [0.717, 1.165) is 18.4 Å². The van der Waals surface area contributed by atoms with Gasteiger partial charge < -0.3 is 39.0 Å². The van der Waals surface area contributed by atoms with Gasteiger partial charge in [-0.2, -0.15) is 5.48 Å². The molecule has 344 valence electrons. The zero-order valence-corrected chi connectivity index (χ0v) is 38.5. The normalized spacial score (nSPS) is 41.6. The van der Waals surface area contributed by atoms with Crippen molar-refractivity contribution >= 4 is 11.8 Å². The number of carbonyl (C=O) groups excluding carboxylic acids is 1. The van der Waals surface area contributed by atoms with Crippen molar-refractivity contribution in [2.24, 2.45) is 41.4 Å². The number of rotatable bonds is 16. The van der Waals surface area contributed by atoms with E-state index in [1.165, 1.54) is 0 Å². The second-order valence-electron chi connectivity index (χ2n) is 19.8. The molecule has 0 radical (unpaired) electrons. The summed E-state index contributed by atoms with van der Waals surface area (Å²) in [5.41, 5.74) is 2.68. The molecule has 0 amide bonds. The smallest absolute Gasteiger partial charge is 0.309 e. The van der Waals surface area contributed by atoms with E-state index >= 15 is 0 Å². The minimum Gasteiger partial charge on any atom is -0.481 e. The fourth-order valence-corrected chi connectivity index (χ4v) is 11.4. The zero-order valence-electron chi connectivity index (χ0n) is 38.5. The zero-order chi connectivity index (χ0) is 44.5. The van der Waals surface area contributed by atoms with Crippen LogP contribution in [0.15, 0.2) is 42.5 Å². The first-order chi connectivity index (χ1) is 28.9. The van der Waals surface area contributed by atoms with Crippen LogP contribution in [0.2, 0.25) is 0 Å². The van der Waals surface area contributed by atoms with Gasteiger partial charge in [0.1, 0.15) is 11.8 Å². The predicted octanol–water partition coefficient (Wildman–Crippen LogP) is 7.92. The molecule has 5 aliphatic rings. The standard InChI is InChI=1S/C49H77NO11/c1-11-36(45(53)54)38-20-19-29(4)43(58-38)33(8)41(51)32(7)42(52)37(12-2)44-30(5)27-31(6)48(59-44)24-21-39(50-56-28-35-17-15-14-16-18-35)49(61-48)26-25-46(10,60-49)40-22-23-47(55,13-3)34(9)57-40/h14-18,21,24,29-34,36-41,43-44,50-51,55H,11-13,19-20,22-23,25-28H2,1-10H3,(H,53,54)/t29-,30-,31+,32-,33-,34-,36+,37-,38+,39+,40+,41+,43+,44-,46-,47+,48?,49-/m0/s1. The fraction of sp³-hybridized carbons (Fsp3) is 0.796. The Balaban J connectivity index is 1.22. The van der Waals surface area contributed by atoms with Gasteiger partial charge in [-0.1, -0.05) is 91.8 Å². The molecular weight excluding hydrogens is 779 g/mol. The van der Waals surface area contributed by atoms with E-state index in [1.54, 1.807) is 6.92 Å². The number of hydrogen-bond acceptors (Lipinski definition) is 11. The molecule has 1 unspecified atom stereocenters. The summed E-state index contributed by atoms with van der Waals surface area (Å²) in [4.78, 5) is 32.8. The minimum absolute atomic E-state index is 0.0166. The third kappa shape index (κ3) is 9.74. The van der Waals surface area contributed by atoms with Crippen LogP contribution in [-0.4, -0.2) is 92.5 Å². The number of carboxylic acids is 1. The van der Waals surface area contributed by atoms with Crippen molar-refractivity contribution in [3.05, 3.63) is 48.0 Å². The van der Waals surface area contributed by atoms with Gasteiger partial charge in [-0.3, -0.25) is 14.4 Å². The molecule has 0 saturated carbocycles. The Morgan fingerprint density at radius 3 is 2.25 bits per heavy atom. The van der Waals surface area contributed by atoms with Crippen molar-refractivity contribution < 1.29 is 53.4 Å². The van der Waals surface area contributed by atoms with E-state index in [-0.39, 0.29) is 41.8 Å². The predicted molar refractivity (Wildman–Crippen MR) is 231 cm³/mol. The number of carbonyl (C=O) groups is 2. The van der Waals surface area contributed by atoms with Gasteiger partial charge in [-0.05, 0) is 95.1 Å². The molecule has 12 heteroatoms. The summed E-state index contributed by atoms with van der Waals surface area (Å²) in [6, 6.07) is 9.45. The summed E-state index contributed by atoms with van der Waals surface area (Å²) in [5, 5.41) is 33.0. The van der Waals surface area contributed by atoms with Gasteiger partial charge in [-0.25, -0.2) is 0 Å². The van der Waals surface area contributed by atoms with Crippen LogP contribution < -0.4 is 5.48 Å². The number of ether oxygens (including phenoxy) is 5. The number of nitrogens with one attached hydrogen (secondary N) is 1. The number of ketones is 1. The maximum absolute atomic E-state index is 14.7. The number of aliphatic carboxylic acids is 1. The van der Waals surface area contributed by atoms with Gasteiger partial charge in [0, 0.05) is 30.1 Å². The molecule has 5 aliphatic heterocycles. The van der Waals surface area contributed by atoms with Crippen LogP contribution in [0.1, 0.15) is 139 Å². The van der Waals surface area contributed by atoms with E-state index in [4.69, 9.17) is 28.5 Å². The van der Waals surface area contributed by atoms with E-state index in [9.17, 15) is 24.9 Å². The van der Waals surface area contributed by atoms with Gasteiger partial charge in [0.2, 0.25) is 0 Å². The first-order valence-electron chi connectivity index (χ1n) is 23.5. The highest BCUT2D eigenvalue weighted by molar-refractivity contribution is 5.84. The molecule has 2 spiro atoms. The van der Waals surface area contributed by atoms with Crippen molar-refractivity contribution in [1.29, 1.82) is 0 Å². The Labute approximate surface area is 364 Å². The Bertz CT molecular complexity index is 1660. The number of aliphatic hydroxyl groups excluding tert-OH is 1.